The van der Waals surface area contributed by atoms with Crippen molar-refractivity contribution in [3.63, 3.8) is 0 Å². The molecule has 1 nitrogen and oxygen atoms in total. The summed E-state index contributed by atoms with van der Waals surface area (Å²) in [6.45, 7) is 2.08. The van der Waals surface area contributed by atoms with E-state index < -0.39 is 11.6 Å². The average Bonchev–Trinajstić information content (AvgIpc) is 2.75. The Balaban J connectivity index is 1.59. The lowest BCUT2D eigenvalue weighted by atomic mass is 9.98. The van der Waals surface area contributed by atoms with Crippen molar-refractivity contribution in [1.82, 2.24) is 4.98 Å². The number of halogens is 3. The molecule has 146 valence electrons. The number of aromatic nitrogens is 1. The van der Waals surface area contributed by atoms with Gasteiger partial charge >= 0.3 is 0 Å². The van der Waals surface area contributed by atoms with Crippen LogP contribution in [0.5, 0.6) is 0 Å². The molecule has 0 bridgehead atoms. The van der Waals surface area contributed by atoms with Gasteiger partial charge in [0.2, 0.25) is 0 Å². The molecule has 0 atom stereocenters. The Hall–Kier alpha value is -3.14. The third kappa shape index (κ3) is 4.02. The first-order chi connectivity index (χ1) is 14.0. The number of fused-ring (bicyclic) bond motifs is 1. The summed E-state index contributed by atoms with van der Waals surface area (Å²) in [6.07, 6.45) is 3.64. The molecular weight excluding hydrogens is 371 g/mol. The summed E-state index contributed by atoms with van der Waals surface area (Å²) in [5, 5.41) is 1.35. The molecule has 0 saturated heterocycles. The first kappa shape index (κ1) is 19.2. The fourth-order valence-electron chi connectivity index (χ4n) is 3.47. The van der Waals surface area contributed by atoms with Crippen LogP contribution in [0.3, 0.4) is 0 Å². The molecule has 0 amide bonds. The number of pyridine rings is 1. The van der Waals surface area contributed by atoms with E-state index in [-0.39, 0.29) is 5.82 Å². The summed E-state index contributed by atoms with van der Waals surface area (Å²) in [5.74, 6) is -2.03. The summed E-state index contributed by atoms with van der Waals surface area (Å²) in [5.41, 5.74) is 4.16. The van der Waals surface area contributed by atoms with Crippen LogP contribution in [0, 0.1) is 17.5 Å². The van der Waals surface area contributed by atoms with Gasteiger partial charge in [-0.2, -0.15) is 0 Å². The van der Waals surface area contributed by atoms with Crippen molar-refractivity contribution in [2.45, 2.75) is 26.2 Å². The Bertz CT molecular complexity index is 1170. The van der Waals surface area contributed by atoms with Crippen molar-refractivity contribution in [3.8, 4) is 11.3 Å². The largest absolute Gasteiger partial charge is 0.256 e. The zero-order valence-electron chi connectivity index (χ0n) is 16.1. The van der Waals surface area contributed by atoms with Gasteiger partial charge < -0.3 is 0 Å². The van der Waals surface area contributed by atoms with Crippen molar-refractivity contribution < 1.29 is 13.2 Å². The molecule has 0 spiro atoms. The minimum absolute atomic E-state index is 0.272. The second-order valence-corrected chi connectivity index (χ2v) is 7.13. The fraction of sp³-hybridized carbons (Fsp3) is 0.160. The highest BCUT2D eigenvalue weighted by atomic mass is 19.2. The predicted molar refractivity (Wildman–Crippen MR) is 110 cm³/mol. The molecule has 4 rings (SSSR count). The fourth-order valence-corrected chi connectivity index (χ4v) is 3.47. The van der Waals surface area contributed by atoms with Gasteiger partial charge in [-0.3, -0.25) is 4.98 Å². The van der Waals surface area contributed by atoms with Crippen molar-refractivity contribution in [1.29, 1.82) is 0 Å². The van der Waals surface area contributed by atoms with Gasteiger partial charge in [0.25, 0.3) is 0 Å². The number of hydrogen-bond donors (Lipinski definition) is 0. The monoisotopic (exact) mass is 391 g/mol. The first-order valence-electron chi connectivity index (χ1n) is 9.65. The van der Waals surface area contributed by atoms with E-state index in [2.05, 4.69) is 18.0 Å². The van der Waals surface area contributed by atoms with Gasteiger partial charge in [-0.25, -0.2) is 13.2 Å². The lowest BCUT2D eigenvalue weighted by Gasteiger charge is -2.09. The van der Waals surface area contributed by atoms with Gasteiger partial charge in [0, 0.05) is 17.1 Å². The van der Waals surface area contributed by atoms with Crippen LogP contribution >= 0.6 is 0 Å². The Labute approximate surface area is 167 Å². The van der Waals surface area contributed by atoms with Gasteiger partial charge in [-0.05, 0) is 65.6 Å². The number of hydrogen-bond acceptors (Lipinski definition) is 1. The van der Waals surface area contributed by atoms with E-state index in [0.29, 0.717) is 29.4 Å². The summed E-state index contributed by atoms with van der Waals surface area (Å²) in [6, 6.07) is 17.1. The van der Waals surface area contributed by atoms with E-state index >= 15 is 0 Å². The molecule has 4 aromatic rings. The molecule has 0 unspecified atom stereocenters. The van der Waals surface area contributed by atoms with Gasteiger partial charge in [0.1, 0.15) is 5.82 Å². The summed E-state index contributed by atoms with van der Waals surface area (Å²) >= 11 is 0. The van der Waals surface area contributed by atoms with E-state index in [1.165, 1.54) is 11.6 Å². The molecule has 0 radical (unpaired) electrons. The van der Waals surface area contributed by atoms with Gasteiger partial charge in [0.15, 0.2) is 11.6 Å². The molecule has 0 saturated carbocycles. The first-order valence-corrected chi connectivity index (χ1v) is 9.65. The van der Waals surface area contributed by atoms with Gasteiger partial charge in [0.05, 0.1) is 5.69 Å². The smallest absolute Gasteiger partial charge is 0.159 e. The SMILES string of the molecule is CCc1ccc(-c2ccc3c(F)c(CCc4ccc(F)c(F)c4)ccc3c2)nc1. The number of benzene rings is 3. The Kier molecular flexibility index (Phi) is 5.34. The second kappa shape index (κ2) is 8.08. The highest BCUT2D eigenvalue weighted by Crippen LogP contribution is 2.27. The maximum atomic E-state index is 15.0. The van der Waals surface area contributed by atoms with E-state index in [1.54, 1.807) is 12.1 Å². The van der Waals surface area contributed by atoms with Crippen molar-refractivity contribution in [2.24, 2.45) is 0 Å². The van der Waals surface area contributed by atoms with Crippen LogP contribution in [-0.4, -0.2) is 4.98 Å². The van der Waals surface area contributed by atoms with Crippen molar-refractivity contribution >= 4 is 10.8 Å². The van der Waals surface area contributed by atoms with Crippen molar-refractivity contribution in [2.75, 3.05) is 0 Å². The van der Waals surface area contributed by atoms with Crippen LogP contribution in [0.15, 0.2) is 66.9 Å². The molecule has 0 aliphatic carbocycles. The minimum Gasteiger partial charge on any atom is -0.256 e. The van der Waals surface area contributed by atoms with Crippen LogP contribution in [0.2, 0.25) is 0 Å². The molecule has 4 heteroatoms. The second-order valence-electron chi connectivity index (χ2n) is 7.13. The predicted octanol–water partition coefficient (Wildman–Crippen LogP) is 6.67. The average molecular weight is 391 g/mol. The molecule has 0 fully saturated rings. The maximum absolute atomic E-state index is 15.0. The normalized spacial score (nSPS) is 11.2. The van der Waals surface area contributed by atoms with Crippen molar-refractivity contribution in [3.05, 3.63) is 101 Å². The highest BCUT2D eigenvalue weighted by Gasteiger charge is 2.10. The Morgan fingerprint density at radius 3 is 2.31 bits per heavy atom. The van der Waals surface area contributed by atoms with E-state index in [1.807, 2.05) is 30.5 Å². The van der Waals surface area contributed by atoms with Gasteiger partial charge in [-0.15, -0.1) is 0 Å². The molecule has 3 aromatic carbocycles. The molecule has 0 N–H and O–H groups in total. The molecule has 29 heavy (non-hydrogen) atoms. The Morgan fingerprint density at radius 1 is 0.759 bits per heavy atom. The summed E-state index contributed by atoms with van der Waals surface area (Å²) < 4.78 is 41.4. The van der Waals surface area contributed by atoms with Crippen LogP contribution in [0.4, 0.5) is 13.2 Å². The van der Waals surface area contributed by atoms with E-state index in [0.717, 1.165) is 35.2 Å². The topological polar surface area (TPSA) is 12.9 Å². The number of aryl methyl sites for hydroxylation is 3. The molecule has 0 aliphatic heterocycles. The van der Waals surface area contributed by atoms with Gasteiger partial charge in [-0.1, -0.05) is 43.3 Å². The maximum Gasteiger partial charge on any atom is 0.159 e. The number of rotatable bonds is 5. The van der Waals surface area contributed by atoms with Crippen LogP contribution < -0.4 is 0 Å². The zero-order chi connectivity index (χ0) is 20.4. The minimum atomic E-state index is -0.880. The highest BCUT2D eigenvalue weighted by molar-refractivity contribution is 5.88. The molecule has 1 heterocycles. The third-order valence-corrected chi connectivity index (χ3v) is 5.23. The third-order valence-electron chi connectivity index (χ3n) is 5.23. The molecular formula is C25H20F3N. The summed E-state index contributed by atoms with van der Waals surface area (Å²) in [7, 11) is 0. The van der Waals surface area contributed by atoms with Crippen LogP contribution in [0.1, 0.15) is 23.6 Å². The molecule has 0 aliphatic rings. The van der Waals surface area contributed by atoms with E-state index in [4.69, 9.17) is 0 Å². The lowest BCUT2D eigenvalue weighted by molar-refractivity contribution is 0.507. The Morgan fingerprint density at radius 2 is 1.59 bits per heavy atom. The van der Waals surface area contributed by atoms with Crippen LogP contribution in [-0.2, 0) is 19.3 Å². The molecule has 1 aromatic heterocycles. The summed E-state index contributed by atoms with van der Waals surface area (Å²) in [4.78, 5) is 4.49. The standard InChI is InChI=1S/C25H20F3N/c1-2-16-5-12-24(29-15-16)20-9-10-21-19(14-20)8-7-18(25(21)28)6-3-17-4-11-22(26)23(27)13-17/h4-5,7-15H,2-3,6H2,1H3. The quantitative estimate of drug-likeness (QED) is 0.370. The van der Waals surface area contributed by atoms with E-state index in [9.17, 15) is 13.2 Å². The zero-order valence-corrected chi connectivity index (χ0v) is 16.1. The number of nitrogens with zero attached hydrogens (tertiary/aromatic N) is 1. The lowest BCUT2D eigenvalue weighted by Crippen LogP contribution is -1.97. The van der Waals surface area contributed by atoms with Crippen LogP contribution in [0.25, 0.3) is 22.0 Å².